The van der Waals surface area contributed by atoms with Gasteiger partial charge in [0.05, 0.1) is 38.0 Å². The highest BCUT2D eigenvalue weighted by Gasteiger charge is 2.75. The van der Waals surface area contributed by atoms with Gasteiger partial charge in [-0.15, -0.1) is 0 Å². The molecule has 0 radical (unpaired) electrons. The number of rotatable bonds is 6. The molecule has 4 aromatic rings. The molecule has 2 bridgehead atoms. The molecule has 8 rings (SSSR count). The van der Waals surface area contributed by atoms with E-state index in [1.807, 2.05) is 4.57 Å². The third-order valence-electron chi connectivity index (χ3n) is 13.3. The lowest BCUT2D eigenvalue weighted by Gasteiger charge is -2.43. The third kappa shape index (κ3) is 7.67. The second-order valence-corrected chi connectivity index (χ2v) is 34.2. The number of fused-ring (bicyclic) bond motifs is 4. The molecule has 59 heavy (non-hydrogen) atoms. The minimum Gasteiger partial charge on any atom is -0.409 e. The Morgan fingerprint density at radius 1 is 0.864 bits per heavy atom. The SMILES string of the molecule is CC(C)(C)[Si](C)(C)OC1[C@H]2OP(O)(=S)OC[C@@]34C[C@@H]3[C@@H](n3cnc5c(N)ncnc53)C(O[Si](C)(C)C(C)(C)C)[C@@H]4OP(=O)(S)OC[C@H]1O[C@H]2n1cnc2c(N)ncnc21. The van der Waals surface area contributed by atoms with Crippen LogP contribution < -0.4 is 11.5 Å². The highest BCUT2D eigenvalue weighted by atomic mass is 32.7. The van der Waals surface area contributed by atoms with E-state index in [9.17, 15) is 9.46 Å². The Kier molecular flexibility index (Phi) is 10.8. The Balaban J connectivity index is 1.22. The quantitative estimate of drug-likeness (QED) is 0.0964. The number of hydrogen-bond donors (Lipinski definition) is 4. The van der Waals surface area contributed by atoms with Crippen LogP contribution in [0.3, 0.4) is 0 Å². The zero-order valence-corrected chi connectivity index (χ0v) is 40.2. The summed E-state index contributed by atoms with van der Waals surface area (Å²) in [6.45, 7) is 12.4. The number of thiol groups is 1. The normalized spacial score (nSPS) is 35.9. The van der Waals surface area contributed by atoms with E-state index in [2.05, 4.69) is 110 Å². The summed E-state index contributed by atoms with van der Waals surface area (Å²) in [5.74, 6) is 0.203. The maximum absolute atomic E-state index is 14.7. The molecule has 1 spiro atoms. The van der Waals surface area contributed by atoms with Gasteiger partial charge in [0.25, 0.3) is 0 Å². The van der Waals surface area contributed by atoms with Crippen molar-refractivity contribution >= 4 is 88.2 Å². The average molecular weight is 929 g/mol. The second kappa shape index (κ2) is 14.5. The Hall–Kier alpha value is -1.96. The number of imidazole rings is 2. The van der Waals surface area contributed by atoms with Gasteiger partial charge in [0, 0.05) is 5.41 Å². The lowest BCUT2D eigenvalue weighted by molar-refractivity contribution is -0.0552. The zero-order chi connectivity index (χ0) is 42.9. The summed E-state index contributed by atoms with van der Waals surface area (Å²) in [6, 6.07) is -0.439. The summed E-state index contributed by atoms with van der Waals surface area (Å²) < 4.78 is 65.1. The molecule has 5 N–H and O–H groups in total. The molecule has 4 unspecified atom stereocenters. The Labute approximate surface area is 355 Å². The number of nitrogens with two attached hydrogens (primary N) is 2. The zero-order valence-electron chi connectivity index (χ0n) is 34.7. The van der Waals surface area contributed by atoms with Gasteiger partial charge >= 0.3 is 13.5 Å². The maximum atomic E-state index is 14.7. The predicted octanol–water partition coefficient (Wildman–Crippen LogP) is 6.14. The first kappa shape index (κ1) is 43.7. The van der Waals surface area contributed by atoms with Crippen molar-refractivity contribution in [1.82, 2.24) is 39.0 Å². The van der Waals surface area contributed by atoms with Crippen molar-refractivity contribution in [2.45, 2.75) is 127 Å². The number of nitrogen functional groups attached to an aromatic ring is 2. The number of nitrogens with zero attached hydrogens (tertiary/aromatic N) is 8. The minimum atomic E-state index is -4.24. The van der Waals surface area contributed by atoms with Crippen LogP contribution in [0.2, 0.25) is 36.3 Å². The number of ether oxygens (including phenoxy) is 1. The molecule has 0 aromatic carbocycles. The maximum Gasteiger partial charge on any atom is 0.386 e. The summed E-state index contributed by atoms with van der Waals surface area (Å²) in [4.78, 5) is 38.3. The van der Waals surface area contributed by atoms with Gasteiger partial charge < -0.3 is 39.0 Å². The molecule has 4 fully saturated rings. The molecular weight excluding hydrogens is 875 g/mol. The molecule has 0 amide bonds. The van der Waals surface area contributed by atoms with Crippen molar-refractivity contribution in [2.75, 3.05) is 24.7 Å². The lowest BCUT2D eigenvalue weighted by Crippen LogP contribution is -2.50. The Bertz CT molecular complexity index is 2380. The van der Waals surface area contributed by atoms with Crippen molar-refractivity contribution in [3.63, 3.8) is 0 Å². The first-order chi connectivity index (χ1) is 27.3. The fourth-order valence-corrected chi connectivity index (χ4v) is 13.6. The van der Waals surface area contributed by atoms with Crippen LogP contribution in [0, 0.1) is 11.3 Å². The van der Waals surface area contributed by atoms with Gasteiger partial charge in [0.2, 0.25) is 0 Å². The minimum absolute atomic E-state index is 0.130. The van der Waals surface area contributed by atoms with Gasteiger partial charge in [0.1, 0.15) is 48.1 Å². The molecule has 6 heterocycles. The predicted molar refractivity (Wildman–Crippen MR) is 232 cm³/mol. The standard InChI is InChI=1S/C34H54N10O9P2S2Si2/c1-32(2,3)58(7,8)52-23-19-12-47-54(45,56)51-26-24(53-59(9,10)33(4,5)6)22(43-16-41-20-27(35)37-14-39-29(20)43)18-11-34(18,26)13-48-55(46,57)50-25(23)31(49-19)44-17-42-21-28(36)38-15-40-30(21)44/h14-19,22-26,31H,11-13H2,1-10H3,(H,45,56)(H,46,57)(H2,35,37,39)(H2,36,38,40)/t18-,19-,22-,23?,24?,25-,26+,31-,34+,54?,55?/m1/s1. The van der Waals surface area contributed by atoms with Crippen LogP contribution in [0.25, 0.3) is 22.3 Å². The van der Waals surface area contributed by atoms with E-state index in [0.717, 1.165) is 0 Å². The topological polar surface area (TPSA) is 241 Å². The van der Waals surface area contributed by atoms with Gasteiger partial charge in [-0.2, -0.15) is 0 Å². The molecule has 2 aliphatic heterocycles. The first-order valence-electron chi connectivity index (χ1n) is 19.4. The van der Waals surface area contributed by atoms with Gasteiger partial charge in [-0.25, -0.2) is 34.5 Å². The molecule has 2 saturated heterocycles. The smallest absolute Gasteiger partial charge is 0.386 e. The summed E-state index contributed by atoms with van der Waals surface area (Å²) >= 11 is 10.5. The van der Waals surface area contributed by atoms with Gasteiger partial charge in [0.15, 0.2) is 45.8 Å². The fourth-order valence-electron chi connectivity index (χ4n) is 8.00. The summed E-state index contributed by atoms with van der Waals surface area (Å²) in [7, 11) is -5.18. The van der Waals surface area contributed by atoms with Gasteiger partial charge in [-0.1, -0.05) is 53.8 Å². The van der Waals surface area contributed by atoms with Crippen molar-refractivity contribution in [1.29, 1.82) is 0 Å². The van der Waals surface area contributed by atoms with Crippen LogP contribution in [-0.2, 0) is 48.1 Å². The van der Waals surface area contributed by atoms with Crippen LogP contribution in [0.5, 0.6) is 0 Å². The molecule has 324 valence electrons. The molecule has 19 nitrogen and oxygen atoms in total. The molecule has 11 atom stereocenters. The van der Waals surface area contributed by atoms with E-state index in [-0.39, 0.29) is 40.8 Å². The van der Waals surface area contributed by atoms with Crippen LogP contribution in [0.4, 0.5) is 11.6 Å². The van der Waals surface area contributed by atoms with Crippen LogP contribution in [0.1, 0.15) is 60.2 Å². The summed E-state index contributed by atoms with van der Waals surface area (Å²) in [6.07, 6.45) is 0.829. The first-order valence-corrected chi connectivity index (χ1v) is 30.5. The van der Waals surface area contributed by atoms with E-state index in [0.29, 0.717) is 28.7 Å². The van der Waals surface area contributed by atoms with E-state index in [1.54, 1.807) is 10.9 Å². The number of anilines is 2. The number of hydrogen-bond acceptors (Lipinski definition) is 17. The Morgan fingerprint density at radius 3 is 1.98 bits per heavy atom. The second-order valence-electron chi connectivity index (χ2n) is 19.1. The fraction of sp³-hybridized carbons (Fsp3) is 0.706. The highest BCUT2D eigenvalue weighted by molar-refractivity contribution is 8.44. The average Bonchev–Trinajstić information content (AvgIpc) is 3.40. The third-order valence-corrected chi connectivity index (χ3v) is 25.4. The van der Waals surface area contributed by atoms with E-state index in [4.69, 9.17) is 55.0 Å². The largest absolute Gasteiger partial charge is 0.409 e. The molecule has 2 aliphatic carbocycles. The van der Waals surface area contributed by atoms with Gasteiger partial charge in [-0.05, 0) is 60.4 Å². The lowest BCUT2D eigenvalue weighted by atomic mass is 10.0. The summed E-state index contributed by atoms with van der Waals surface area (Å²) in [5.41, 5.74) is 13.2. The summed E-state index contributed by atoms with van der Waals surface area (Å²) in [5, 5.41) is -0.469. The molecular formula is C34H54N10O9P2S2Si2. The molecule has 25 heteroatoms. The van der Waals surface area contributed by atoms with Crippen molar-refractivity contribution < 1.29 is 41.1 Å². The van der Waals surface area contributed by atoms with Gasteiger partial charge in [-0.3, -0.25) is 18.1 Å². The Morgan fingerprint density at radius 2 is 1.41 bits per heavy atom. The van der Waals surface area contributed by atoms with Crippen LogP contribution in [-0.4, -0.2) is 104 Å². The molecule has 2 saturated carbocycles. The van der Waals surface area contributed by atoms with E-state index < -0.39 is 78.4 Å². The van der Waals surface area contributed by atoms with Crippen molar-refractivity contribution in [3.8, 4) is 0 Å². The van der Waals surface area contributed by atoms with Crippen molar-refractivity contribution in [2.24, 2.45) is 11.3 Å². The van der Waals surface area contributed by atoms with E-state index >= 15 is 0 Å². The van der Waals surface area contributed by atoms with E-state index in [1.165, 1.54) is 19.0 Å². The monoisotopic (exact) mass is 928 g/mol. The van der Waals surface area contributed by atoms with Crippen molar-refractivity contribution in [3.05, 3.63) is 25.3 Å². The molecule has 4 aliphatic rings. The van der Waals surface area contributed by atoms with Crippen LogP contribution in [0.15, 0.2) is 25.3 Å². The van der Waals surface area contributed by atoms with Crippen LogP contribution >= 0.6 is 25.8 Å². The highest BCUT2D eigenvalue weighted by Crippen LogP contribution is 2.74. The number of aromatic nitrogens is 8. The molecule has 4 aromatic heterocycles.